The number of benzene rings is 2. The number of carbonyl (C=O) groups excluding carboxylic acids is 3. The summed E-state index contributed by atoms with van der Waals surface area (Å²) in [7, 11) is 0. The van der Waals surface area contributed by atoms with Crippen molar-refractivity contribution in [2.45, 2.75) is 44.3 Å². The van der Waals surface area contributed by atoms with Crippen molar-refractivity contribution in [3.8, 4) is 0 Å². The summed E-state index contributed by atoms with van der Waals surface area (Å²) in [5.41, 5.74) is 12.2. The molecule has 3 aromatic rings. The first-order valence-corrected chi connectivity index (χ1v) is 12.6. The Morgan fingerprint density at radius 1 is 1.11 bits per heavy atom. The summed E-state index contributed by atoms with van der Waals surface area (Å²) in [6.45, 7) is -0.0340. The van der Waals surface area contributed by atoms with Crippen LogP contribution in [0.2, 0.25) is 5.02 Å². The Morgan fingerprint density at radius 3 is 2.33 bits per heavy atom. The highest BCUT2D eigenvalue weighted by Gasteiger charge is 2.36. The molecule has 0 spiro atoms. The molecular formula is C25H25ClFN5O3S. The van der Waals surface area contributed by atoms with Gasteiger partial charge in [0.15, 0.2) is 5.69 Å². The fourth-order valence-electron chi connectivity index (χ4n) is 4.29. The van der Waals surface area contributed by atoms with E-state index in [0.717, 1.165) is 37.2 Å². The van der Waals surface area contributed by atoms with Gasteiger partial charge in [-0.2, -0.15) is 4.37 Å². The summed E-state index contributed by atoms with van der Waals surface area (Å²) >= 11 is 6.82. The number of amides is 3. The number of rotatable bonds is 8. The number of aromatic nitrogens is 1. The molecule has 1 aromatic heterocycles. The molecule has 2 aromatic carbocycles. The Hall–Kier alpha value is -3.50. The van der Waals surface area contributed by atoms with E-state index in [-0.39, 0.29) is 34.8 Å². The molecule has 5 N–H and O–H groups in total. The van der Waals surface area contributed by atoms with Gasteiger partial charge in [0.25, 0.3) is 11.8 Å². The van der Waals surface area contributed by atoms with Crippen LogP contribution < -0.4 is 16.8 Å². The summed E-state index contributed by atoms with van der Waals surface area (Å²) in [6.07, 6.45) is 3.74. The third-order valence-electron chi connectivity index (χ3n) is 6.13. The molecule has 1 atom stereocenters. The van der Waals surface area contributed by atoms with Gasteiger partial charge in [-0.25, -0.2) is 4.39 Å². The molecule has 4 rings (SSSR count). The van der Waals surface area contributed by atoms with E-state index in [2.05, 4.69) is 9.69 Å². The Kier molecular flexibility index (Phi) is 7.85. The van der Waals surface area contributed by atoms with E-state index in [1.807, 2.05) is 0 Å². The molecule has 1 saturated carbocycles. The molecule has 1 heterocycles. The normalized spacial score (nSPS) is 14.4. The Balaban J connectivity index is 1.79. The fraction of sp³-hybridized carbons (Fsp3) is 0.280. The van der Waals surface area contributed by atoms with Gasteiger partial charge in [0.05, 0.1) is 5.69 Å². The number of halogens is 2. The summed E-state index contributed by atoms with van der Waals surface area (Å²) < 4.78 is 17.5. The van der Waals surface area contributed by atoms with E-state index >= 15 is 0 Å². The highest BCUT2D eigenvalue weighted by molar-refractivity contribution is 7.09. The van der Waals surface area contributed by atoms with Crippen LogP contribution in [0.3, 0.4) is 0 Å². The third kappa shape index (κ3) is 5.66. The van der Waals surface area contributed by atoms with Gasteiger partial charge >= 0.3 is 0 Å². The van der Waals surface area contributed by atoms with Crippen LogP contribution in [0, 0.1) is 5.82 Å². The average molecular weight is 530 g/mol. The Labute approximate surface area is 216 Å². The summed E-state index contributed by atoms with van der Waals surface area (Å²) in [5, 5.41) is 3.54. The predicted molar refractivity (Wildman–Crippen MR) is 136 cm³/mol. The van der Waals surface area contributed by atoms with E-state index in [1.54, 1.807) is 24.3 Å². The van der Waals surface area contributed by atoms with Gasteiger partial charge in [-0.05, 0) is 59.8 Å². The second-order valence-electron chi connectivity index (χ2n) is 8.64. The van der Waals surface area contributed by atoms with Gasteiger partial charge in [-0.15, -0.1) is 0 Å². The number of hydrogen-bond acceptors (Lipinski definition) is 6. The summed E-state index contributed by atoms with van der Waals surface area (Å²) in [5.74, 6) is -2.26. The van der Waals surface area contributed by atoms with Gasteiger partial charge in [-0.3, -0.25) is 14.4 Å². The minimum Gasteiger partial charge on any atom is -0.395 e. The maximum atomic E-state index is 13.9. The second kappa shape index (κ2) is 11.0. The van der Waals surface area contributed by atoms with Crippen LogP contribution in [0.4, 0.5) is 10.1 Å². The lowest BCUT2D eigenvalue weighted by molar-refractivity contribution is -0.126. The summed E-state index contributed by atoms with van der Waals surface area (Å²) in [4.78, 5) is 40.6. The van der Waals surface area contributed by atoms with E-state index in [9.17, 15) is 18.8 Å². The molecule has 36 heavy (non-hydrogen) atoms. The molecule has 1 aliphatic carbocycles. The number of nitrogen functional groups attached to an aromatic ring is 1. The van der Waals surface area contributed by atoms with Gasteiger partial charge in [0.1, 0.15) is 16.7 Å². The first-order valence-electron chi connectivity index (χ1n) is 11.4. The van der Waals surface area contributed by atoms with Crippen LogP contribution in [-0.2, 0) is 11.3 Å². The number of nitrogens with one attached hydrogen (secondary N) is 1. The molecule has 0 radical (unpaired) electrons. The lowest BCUT2D eigenvalue weighted by Crippen LogP contribution is -2.45. The molecule has 0 aliphatic heterocycles. The van der Waals surface area contributed by atoms with Crippen LogP contribution >= 0.6 is 23.1 Å². The van der Waals surface area contributed by atoms with E-state index < -0.39 is 23.7 Å². The molecule has 0 bridgehead atoms. The van der Waals surface area contributed by atoms with Crippen LogP contribution in [0.25, 0.3) is 0 Å². The van der Waals surface area contributed by atoms with Crippen molar-refractivity contribution in [3.05, 3.63) is 81.1 Å². The van der Waals surface area contributed by atoms with Crippen LogP contribution in [0.15, 0.2) is 48.5 Å². The van der Waals surface area contributed by atoms with Crippen molar-refractivity contribution < 1.29 is 18.8 Å². The number of anilines is 1. The fourth-order valence-corrected chi connectivity index (χ4v) is 5.18. The monoisotopic (exact) mass is 529 g/mol. The van der Waals surface area contributed by atoms with Gasteiger partial charge in [0, 0.05) is 17.6 Å². The zero-order chi connectivity index (χ0) is 25.8. The first kappa shape index (κ1) is 25.6. The van der Waals surface area contributed by atoms with Crippen molar-refractivity contribution in [2.24, 2.45) is 5.73 Å². The molecule has 188 valence electrons. The quantitative estimate of drug-likeness (QED) is 0.405. The highest BCUT2D eigenvalue weighted by atomic mass is 35.5. The van der Waals surface area contributed by atoms with Crippen LogP contribution in [0.1, 0.15) is 63.0 Å². The molecule has 8 nitrogen and oxygen atoms in total. The zero-order valence-corrected chi connectivity index (χ0v) is 20.8. The molecule has 0 saturated heterocycles. The minimum absolute atomic E-state index is 0.00464. The Morgan fingerprint density at radius 2 is 1.75 bits per heavy atom. The lowest BCUT2D eigenvalue weighted by Gasteiger charge is -2.32. The number of nitrogens with two attached hydrogens (primary N) is 2. The maximum absolute atomic E-state index is 13.9. The molecule has 3 amide bonds. The van der Waals surface area contributed by atoms with Crippen molar-refractivity contribution >= 4 is 46.5 Å². The molecule has 1 aliphatic rings. The van der Waals surface area contributed by atoms with E-state index in [4.69, 9.17) is 23.1 Å². The molecule has 11 heteroatoms. The van der Waals surface area contributed by atoms with Crippen molar-refractivity contribution in [2.75, 3.05) is 5.73 Å². The molecule has 1 fully saturated rings. The largest absolute Gasteiger partial charge is 0.395 e. The van der Waals surface area contributed by atoms with E-state index in [1.165, 1.54) is 29.2 Å². The number of hydrogen-bond donors (Lipinski definition) is 3. The maximum Gasteiger partial charge on any atom is 0.270 e. The van der Waals surface area contributed by atoms with Gasteiger partial charge < -0.3 is 21.7 Å². The van der Waals surface area contributed by atoms with Gasteiger partial charge in [-0.1, -0.05) is 48.7 Å². The number of nitrogens with zero attached hydrogens (tertiary/aromatic N) is 2. The van der Waals surface area contributed by atoms with E-state index in [0.29, 0.717) is 16.1 Å². The number of carbonyl (C=O) groups is 3. The van der Waals surface area contributed by atoms with Crippen LogP contribution in [-0.4, -0.2) is 33.0 Å². The minimum atomic E-state index is -1.06. The zero-order valence-electron chi connectivity index (χ0n) is 19.2. The standard InChI is InChI=1S/C25H25ClFN5O3S/c26-16-9-7-15(8-10-16)21(24(34)30-18-3-1-2-4-18)32(13-14-5-11-17(27)12-6-14)25(35)22-19(28)20(23(29)33)31-36-22/h5-12,18,21H,1-4,13,28H2,(H2,29,33)(H,30,34). The molecular weight excluding hydrogens is 505 g/mol. The van der Waals surface area contributed by atoms with Crippen molar-refractivity contribution in [1.29, 1.82) is 0 Å². The summed E-state index contributed by atoms with van der Waals surface area (Å²) in [6, 6.07) is 11.2. The third-order valence-corrected chi connectivity index (χ3v) is 7.23. The SMILES string of the molecule is NC(=O)c1nsc(C(=O)N(Cc2ccc(F)cc2)C(C(=O)NC2CCCC2)c2ccc(Cl)cc2)c1N. The average Bonchev–Trinajstić information content (AvgIpc) is 3.50. The van der Waals surface area contributed by atoms with Gasteiger partial charge in [0.2, 0.25) is 5.91 Å². The second-order valence-corrected chi connectivity index (χ2v) is 9.85. The smallest absolute Gasteiger partial charge is 0.270 e. The highest BCUT2D eigenvalue weighted by Crippen LogP contribution is 2.31. The topological polar surface area (TPSA) is 131 Å². The van der Waals surface area contributed by atoms with Crippen molar-refractivity contribution in [3.63, 3.8) is 0 Å². The number of primary amides is 1. The molecule has 1 unspecified atom stereocenters. The Bertz CT molecular complexity index is 1260. The first-order chi connectivity index (χ1) is 17.2. The lowest BCUT2D eigenvalue weighted by atomic mass is 10.0. The predicted octanol–water partition coefficient (Wildman–Crippen LogP) is 4.06. The van der Waals surface area contributed by atoms with Crippen LogP contribution in [0.5, 0.6) is 0 Å². The van der Waals surface area contributed by atoms with Crippen molar-refractivity contribution in [1.82, 2.24) is 14.6 Å².